The van der Waals surface area contributed by atoms with Gasteiger partial charge in [-0.05, 0) is 86.4 Å². The normalized spacial score (nSPS) is 17.3. The number of aromatic nitrogens is 2. The molecular formula is C34H43N5. The third-order valence-corrected chi connectivity index (χ3v) is 7.95. The summed E-state index contributed by atoms with van der Waals surface area (Å²) in [6.45, 7) is 19.8. The van der Waals surface area contributed by atoms with E-state index < -0.39 is 0 Å². The molecule has 0 bridgehead atoms. The van der Waals surface area contributed by atoms with Crippen molar-refractivity contribution in [2.75, 3.05) is 11.1 Å². The third-order valence-electron chi connectivity index (χ3n) is 7.95. The summed E-state index contributed by atoms with van der Waals surface area (Å²) < 4.78 is 0. The Morgan fingerprint density at radius 2 is 1.74 bits per heavy atom. The van der Waals surface area contributed by atoms with E-state index >= 15 is 0 Å². The van der Waals surface area contributed by atoms with Gasteiger partial charge in [-0.3, -0.25) is 0 Å². The molecule has 1 atom stereocenters. The Morgan fingerprint density at radius 1 is 1.05 bits per heavy atom. The average molecular weight is 522 g/mol. The monoisotopic (exact) mass is 521 g/mol. The Morgan fingerprint density at radius 3 is 2.36 bits per heavy atom. The molecule has 39 heavy (non-hydrogen) atoms. The van der Waals surface area contributed by atoms with E-state index in [-0.39, 0.29) is 5.41 Å². The van der Waals surface area contributed by atoms with Crippen LogP contribution in [0.3, 0.4) is 0 Å². The molecule has 2 heterocycles. The van der Waals surface area contributed by atoms with Crippen LogP contribution in [0, 0.1) is 19.3 Å². The second-order valence-electron chi connectivity index (χ2n) is 11.5. The first-order valence-corrected chi connectivity index (χ1v) is 14.0. The lowest BCUT2D eigenvalue weighted by molar-refractivity contribution is 0.586. The molecule has 0 spiro atoms. The van der Waals surface area contributed by atoms with E-state index in [1.807, 2.05) is 18.3 Å². The number of rotatable bonds is 7. The molecule has 0 amide bonds. The van der Waals surface area contributed by atoms with E-state index in [1.54, 1.807) is 0 Å². The van der Waals surface area contributed by atoms with Gasteiger partial charge in [0.1, 0.15) is 11.6 Å². The van der Waals surface area contributed by atoms with Crippen LogP contribution in [0.5, 0.6) is 0 Å². The molecule has 0 saturated carbocycles. The standard InChI is InChI=1S/C34H43N5/c1-10-20(3)15-22(5)25-16-23(6)30(24(7)17-25)26-13-12-14-27-31(26)38-33(39-32(27)35)37-29-18-34(8,9)28(19-36-29)21(4)11-2/h12-19,22H,10-11H2,1-9H3,(H3,35,37,38,39)/b20-15+,28-21+. The maximum atomic E-state index is 6.48. The lowest BCUT2D eigenvalue weighted by Crippen LogP contribution is -2.21. The Labute approximate surface area is 234 Å². The number of nitrogens with two attached hydrogens (primary N) is 1. The number of fused-ring (bicyclic) bond motifs is 1. The highest BCUT2D eigenvalue weighted by molar-refractivity contribution is 6.00. The number of benzene rings is 2. The molecule has 5 nitrogen and oxygen atoms in total. The molecule has 3 N–H and O–H groups in total. The van der Waals surface area contributed by atoms with Gasteiger partial charge in [0, 0.05) is 22.6 Å². The smallest absolute Gasteiger partial charge is 0.230 e. The molecule has 5 heteroatoms. The zero-order valence-corrected chi connectivity index (χ0v) is 25.0. The zero-order chi connectivity index (χ0) is 28.5. The van der Waals surface area contributed by atoms with Crippen molar-refractivity contribution in [3.8, 4) is 11.1 Å². The Kier molecular flexibility index (Phi) is 8.10. The molecule has 2 aromatic carbocycles. The first-order valence-electron chi connectivity index (χ1n) is 14.0. The van der Waals surface area contributed by atoms with E-state index in [1.165, 1.54) is 39.0 Å². The number of nitrogen functional groups attached to an aromatic ring is 1. The Balaban J connectivity index is 1.77. The summed E-state index contributed by atoms with van der Waals surface area (Å²) in [6.07, 6.45) is 8.54. The molecule has 1 aliphatic rings. The number of para-hydroxylation sites is 1. The topological polar surface area (TPSA) is 76.2 Å². The fraction of sp³-hybridized carbons (Fsp3) is 0.382. The molecule has 0 saturated heterocycles. The van der Waals surface area contributed by atoms with Crippen LogP contribution in [0.25, 0.3) is 22.0 Å². The Bertz CT molecular complexity index is 1510. The van der Waals surface area contributed by atoms with Crippen molar-refractivity contribution >= 4 is 28.9 Å². The minimum Gasteiger partial charge on any atom is -0.383 e. The van der Waals surface area contributed by atoms with Crippen LogP contribution in [0.2, 0.25) is 0 Å². The number of hydrogen-bond acceptors (Lipinski definition) is 5. The van der Waals surface area contributed by atoms with Crippen molar-refractivity contribution in [3.05, 3.63) is 81.7 Å². The highest BCUT2D eigenvalue weighted by Crippen LogP contribution is 2.38. The summed E-state index contributed by atoms with van der Waals surface area (Å²) >= 11 is 0. The fourth-order valence-corrected chi connectivity index (χ4v) is 5.55. The predicted octanol–water partition coefficient (Wildman–Crippen LogP) is 9.05. The van der Waals surface area contributed by atoms with Gasteiger partial charge in [0.05, 0.1) is 5.52 Å². The molecule has 3 aromatic rings. The summed E-state index contributed by atoms with van der Waals surface area (Å²) in [5, 5.41) is 4.18. The van der Waals surface area contributed by atoms with Gasteiger partial charge in [-0.1, -0.05) is 76.1 Å². The van der Waals surface area contributed by atoms with Crippen LogP contribution in [-0.2, 0) is 0 Å². The number of aryl methyl sites for hydroxylation is 2. The van der Waals surface area contributed by atoms with E-state index in [0.717, 1.165) is 35.1 Å². The lowest BCUT2D eigenvalue weighted by atomic mass is 9.80. The van der Waals surface area contributed by atoms with Crippen LogP contribution in [0.15, 0.2) is 70.0 Å². The average Bonchev–Trinajstić information content (AvgIpc) is 2.87. The number of aliphatic imine (C=N–C) groups is 1. The summed E-state index contributed by atoms with van der Waals surface area (Å²) in [5.41, 5.74) is 17.2. The second-order valence-corrected chi connectivity index (χ2v) is 11.5. The van der Waals surface area contributed by atoms with Gasteiger partial charge < -0.3 is 11.1 Å². The first-order chi connectivity index (χ1) is 18.4. The number of nitrogens with one attached hydrogen (secondary N) is 1. The van der Waals surface area contributed by atoms with E-state index in [9.17, 15) is 0 Å². The number of allylic oxidation sites excluding steroid dienone is 5. The lowest BCUT2D eigenvalue weighted by Gasteiger charge is -2.28. The molecule has 0 aliphatic carbocycles. The summed E-state index contributed by atoms with van der Waals surface area (Å²) in [5.74, 6) is 1.99. The molecule has 0 radical (unpaired) electrons. The van der Waals surface area contributed by atoms with E-state index in [4.69, 9.17) is 10.7 Å². The SMILES string of the molecule is CC/C(C)=C1\C=NC(Nc2nc(N)c3cccc(-c4c(C)cc(C(C)/C=C(\C)CC)cc4C)c3n2)=CC1(C)C. The predicted molar refractivity (Wildman–Crippen MR) is 168 cm³/mol. The van der Waals surface area contributed by atoms with E-state index in [0.29, 0.717) is 17.7 Å². The minimum atomic E-state index is -0.143. The fourth-order valence-electron chi connectivity index (χ4n) is 5.55. The summed E-state index contributed by atoms with van der Waals surface area (Å²) in [7, 11) is 0. The quantitative estimate of drug-likeness (QED) is 0.304. The highest BCUT2D eigenvalue weighted by Gasteiger charge is 2.26. The summed E-state index contributed by atoms with van der Waals surface area (Å²) in [6, 6.07) is 10.8. The van der Waals surface area contributed by atoms with Crippen molar-refractivity contribution in [2.24, 2.45) is 10.4 Å². The second kappa shape index (κ2) is 11.2. The molecular weight excluding hydrogens is 478 g/mol. The number of anilines is 2. The van der Waals surface area contributed by atoms with Gasteiger partial charge >= 0.3 is 0 Å². The molecule has 1 unspecified atom stereocenters. The molecule has 0 fully saturated rings. The van der Waals surface area contributed by atoms with E-state index in [2.05, 4.69) is 108 Å². The van der Waals surface area contributed by atoms with Gasteiger partial charge in [0.2, 0.25) is 5.95 Å². The maximum absolute atomic E-state index is 6.48. The van der Waals surface area contributed by atoms with Crippen LogP contribution in [-0.4, -0.2) is 16.2 Å². The summed E-state index contributed by atoms with van der Waals surface area (Å²) in [4.78, 5) is 14.2. The Hall–Kier alpha value is -3.73. The third kappa shape index (κ3) is 5.83. The van der Waals surface area contributed by atoms with Crippen LogP contribution >= 0.6 is 0 Å². The molecule has 1 aliphatic heterocycles. The largest absolute Gasteiger partial charge is 0.383 e. The van der Waals surface area contributed by atoms with Crippen LogP contribution < -0.4 is 11.1 Å². The van der Waals surface area contributed by atoms with Crippen molar-refractivity contribution in [1.82, 2.24) is 9.97 Å². The molecule has 4 rings (SSSR count). The zero-order valence-electron chi connectivity index (χ0n) is 25.0. The van der Waals surface area contributed by atoms with Gasteiger partial charge in [0.15, 0.2) is 0 Å². The van der Waals surface area contributed by atoms with Crippen LogP contribution in [0.1, 0.15) is 83.9 Å². The van der Waals surface area contributed by atoms with Crippen molar-refractivity contribution in [3.63, 3.8) is 0 Å². The van der Waals surface area contributed by atoms with Gasteiger partial charge in [-0.15, -0.1) is 0 Å². The molecule has 1 aromatic heterocycles. The van der Waals surface area contributed by atoms with Crippen molar-refractivity contribution in [1.29, 1.82) is 0 Å². The molecule has 204 valence electrons. The minimum absolute atomic E-state index is 0.143. The van der Waals surface area contributed by atoms with Crippen molar-refractivity contribution in [2.45, 2.75) is 81.1 Å². The maximum Gasteiger partial charge on any atom is 0.230 e. The van der Waals surface area contributed by atoms with Gasteiger partial charge in [0.25, 0.3) is 0 Å². The van der Waals surface area contributed by atoms with Gasteiger partial charge in [-0.25, -0.2) is 9.98 Å². The first kappa shape index (κ1) is 28.3. The van der Waals surface area contributed by atoms with Crippen LogP contribution in [0.4, 0.5) is 11.8 Å². The number of hydrogen-bond donors (Lipinski definition) is 2. The number of nitrogens with zero attached hydrogens (tertiary/aromatic N) is 3. The van der Waals surface area contributed by atoms with Gasteiger partial charge in [-0.2, -0.15) is 4.98 Å². The highest BCUT2D eigenvalue weighted by atomic mass is 15.2. The van der Waals surface area contributed by atoms with Crippen molar-refractivity contribution < 1.29 is 0 Å².